The Morgan fingerprint density at radius 3 is 2.58 bits per heavy atom. The van der Waals surface area contributed by atoms with Gasteiger partial charge >= 0.3 is 0 Å². The minimum absolute atomic E-state index is 0.412. The number of nitrogens with one attached hydrogen (secondary N) is 1. The molecular formula is C17H21NS. The van der Waals surface area contributed by atoms with Gasteiger partial charge in [0.25, 0.3) is 0 Å². The van der Waals surface area contributed by atoms with Crippen LogP contribution in [-0.2, 0) is 6.42 Å². The summed E-state index contributed by atoms with van der Waals surface area (Å²) in [5.41, 5.74) is 2.77. The van der Waals surface area contributed by atoms with Gasteiger partial charge in [-0.1, -0.05) is 42.5 Å². The van der Waals surface area contributed by atoms with Crippen molar-refractivity contribution in [3.05, 3.63) is 65.7 Å². The van der Waals surface area contributed by atoms with Crippen LogP contribution in [0.1, 0.15) is 24.1 Å². The molecule has 0 aliphatic rings. The zero-order chi connectivity index (χ0) is 13.5. The molecule has 0 aliphatic carbocycles. The third kappa shape index (κ3) is 4.41. The highest BCUT2D eigenvalue weighted by Crippen LogP contribution is 2.23. The molecule has 0 saturated carbocycles. The largest absolute Gasteiger partial charge is 0.313 e. The smallest absolute Gasteiger partial charge is 0.0289 e. The lowest BCUT2D eigenvalue weighted by atomic mass is 10.1. The van der Waals surface area contributed by atoms with E-state index in [1.807, 2.05) is 18.8 Å². The Balaban J connectivity index is 1.89. The molecule has 0 bridgehead atoms. The minimum Gasteiger partial charge on any atom is -0.313 e. The zero-order valence-electron chi connectivity index (χ0n) is 11.6. The molecule has 0 spiro atoms. The van der Waals surface area contributed by atoms with Gasteiger partial charge in [0.15, 0.2) is 0 Å². The molecule has 2 rings (SSSR count). The molecule has 1 atom stereocenters. The van der Waals surface area contributed by atoms with Gasteiger partial charge < -0.3 is 5.32 Å². The summed E-state index contributed by atoms with van der Waals surface area (Å²) in [7, 11) is 2.00. The van der Waals surface area contributed by atoms with Crippen molar-refractivity contribution in [2.45, 2.75) is 24.3 Å². The van der Waals surface area contributed by atoms with E-state index in [0.29, 0.717) is 6.04 Å². The highest BCUT2D eigenvalue weighted by Gasteiger charge is 2.03. The van der Waals surface area contributed by atoms with Crippen LogP contribution in [0, 0.1) is 0 Å². The van der Waals surface area contributed by atoms with Crippen molar-refractivity contribution in [1.82, 2.24) is 5.32 Å². The van der Waals surface area contributed by atoms with Crippen molar-refractivity contribution >= 4 is 11.8 Å². The fourth-order valence-corrected chi connectivity index (χ4v) is 2.94. The molecule has 1 nitrogen and oxygen atoms in total. The predicted molar refractivity (Wildman–Crippen MR) is 84.8 cm³/mol. The second kappa shape index (κ2) is 7.37. The van der Waals surface area contributed by atoms with E-state index in [1.165, 1.54) is 16.0 Å². The summed E-state index contributed by atoms with van der Waals surface area (Å²) >= 11 is 1.93. The van der Waals surface area contributed by atoms with Crippen LogP contribution in [0.4, 0.5) is 0 Å². The van der Waals surface area contributed by atoms with Crippen LogP contribution in [0.3, 0.4) is 0 Å². The summed E-state index contributed by atoms with van der Waals surface area (Å²) in [5, 5.41) is 3.28. The minimum atomic E-state index is 0.412. The van der Waals surface area contributed by atoms with Crippen molar-refractivity contribution in [3.8, 4) is 0 Å². The molecule has 0 heterocycles. The van der Waals surface area contributed by atoms with Gasteiger partial charge in [-0.25, -0.2) is 0 Å². The molecule has 19 heavy (non-hydrogen) atoms. The van der Waals surface area contributed by atoms with Crippen LogP contribution in [0.15, 0.2) is 59.5 Å². The Hall–Kier alpha value is -1.25. The molecule has 100 valence electrons. The predicted octanol–water partition coefficient (Wildman–Crippen LogP) is 4.30. The summed E-state index contributed by atoms with van der Waals surface area (Å²) in [5.74, 6) is 1.13. The Bertz CT molecular complexity index is 496. The number of aryl methyl sites for hydroxylation is 1. The maximum absolute atomic E-state index is 3.28. The Morgan fingerprint density at radius 2 is 1.84 bits per heavy atom. The Labute approximate surface area is 120 Å². The van der Waals surface area contributed by atoms with Gasteiger partial charge in [-0.3, -0.25) is 0 Å². The van der Waals surface area contributed by atoms with Gasteiger partial charge in [0.05, 0.1) is 0 Å². The first-order valence-corrected chi connectivity index (χ1v) is 7.72. The van der Waals surface area contributed by atoms with E-state index < -0.39 is 0 Å². The number of hydrogen-bond donors (Lipinski definition) is 1. The van der Waals surface area contributed by atoms with Crippen LogP contribution in [0.5, 0.6) is 0 Å². The molecule has 1 N–H and O–H groups in total. The van der Waals surface area contributed by atoms with E-state index in [0.717, 1.165) is 12.2 Å². The molecule has 2 heteroatoms. The van der Waals surface area contributed by atoms with Crippen molar-refractivity contribution < 1.29 is 0 Å². The molecule has 0 fully saturated rings. The van der Waals surface area contributed by atoms with Crippen LogP contribution < -0.4 is 5.32 Å². The van der Waals surface area contributed by atoms with Gasteiger partial charge in [0, 0.05) is 16.7 Å². The SMILES string of the molecule is CNC(C)c1cccc(SCCc2ccccc2)c1. The first-order valence-electron chi connectivity index (χ1n) is 6.73. The molecule has 0 aromatic heterocycles. The molecule has 0 radical (unpaired) electrons. The van der Waals surface area contributed by atoms with E-state index in [2.05, 4.69) is 66.8 Å². The third-order valence-electron chi connectivity index (χ3n) is 3.29. The van der Waals surface area contributed by atoms with Gasteiger partial charge in [-0.2, -0.15) is 0 Å². The third-order valence-corrected chi connectivity index (χ3v) is 4.29. The maximum atomic E-state index is 3.28. The van der Waals surface area contributed by atoms with E-state index in [-0.39, 0.29) is 0 Å². The van der Waals surface area contributed by atoms with Crippen molar-refractivity contribution in [1.29, 1.82) is 0 Å². The number of hydrogen-bond acceptors (Lipinski definition) is 2. The van der Waals surface area contributed by atoms with E-state index in [9.17, 15) is 0 Å². The summed E-state index contributed by atoms with van der Waals surface area (Å²) in [6.07, 6.45) is 1.12. The first kappa shape index (κ1) is 14.2. The quantitative estimate of drug-likeness (QED) is 0.786. The second-order valence-corrected chi connectivity index (χ2v) is 5.84. The summed E-state index contributed by atoms with van der Waals surface area (Å²) in [4.78, 5) is 1.36. The molecule has 2 aromatic rings. The lowest BCUT2D eigenvalue weighted by molar-refractivity contribution is 0.651. The first-order chi connectivity index (χ1) is 9.29. The lowest BCUT2D eigenvalue weighted by Gasteiger charge is -2.11. The molecule has 0 saturated heterocycles. The van der Waals surface area contributed by atoms with Crippen LogP contribution >= 0.6 is 11.8 Å². The standard InChI is InChI=1S/C17H21NS/c1-14(18-2)16-9-6-10-17(13-16)19-12-11-15-7-4-3-5-8-15/h3-10,13-14,18H,11-12H2,1-2H3. The second-order valence-electron chi connectivity index (χ2n) is 4.67. The monoisotopic (exact) mass is 271 g/mol. The van der Waals surface area contributed by atoms with Gasteiger partial charge in [-0.05, 0) is 43.7 Å². The Morgan fingerprint density at radius 1 is 1.05 bits per heavy atom. The molecule has 2 aromatic carbocycles. The normalized spacial score (nSPS) is 12.3. The Kier molecular flexibility index (Phi) is 5.49. The van der Waals surface area contributed by atoms with Crippen molar-refractivity contribution in [2.75, 3.05) is 12.8 Å². The number of thioether (sulfide) groups is 1. The van der Waals surface area contributed by atoms with E-state index in [4.69, 9.17) is 0 Å². The molecular weight excluding hydrogens is 250 g/mol. The van der Waals surface area contributed by atoms with Crippen molar-refractivity contribution in [3.63, 3.8) is 0 Å². The fraction of sp³-hybridized carbons (Fsp3) is 0.294. The van der Waals surface area contributed by atoms with E-state index >= 15 is 0 Å². The highest BCUT2D eigenvalue weighted by molar-refractivity contribution is 7.99. The molecule has 1 unspecified atom stereocenters. The zero-order valence-corrected chi connectivity index (χ0v) is 12.4. The van der Waals surface area contributed by atoms with Crippen LogP contribution in [0.25, 0.3) is 0 Å². The highest BCUT2D eigenvalue weighted by atomic mass is 32.2. The van der Waals surface area contributed by atoms with Gasteiger partial charge in [-0.15, -0.1) is 11.8 Å². The van der Waals surface area contributed by atoms with Crippen molar-refractivity contribution in [2.24, 2.45) is 0 Å². The summed E-state index contributed by atoms with van der Waals surface area (Å²) < 4.78 is 0. The molecule has 0 amide bonds. The summed E-state index contributed by atoms with van der Waals surface area (Å²) in [6.45, 7) is 2.19. The maximum Gasteiger partial charge on any atom is 0.0289 e. The fourth-order valence-electron chi connectivity index (χ4n) is 1.97. The number of rotatable bonds is 6. The van der Waals surface area contributed by atoms with Gasteiger partial charge in [0.2, 0.25) is 0 Å². The van der Waals surface area contributed by atoms with Crippen LogP contribution in [0.2, 0.25) is 0 Å². The number of benzene rings is 2. The average molecular weight is 271 g/mol. The topological polar surface area (TPSA) is 12.0 Å². The van der Waals surface area contributed by atoms with Gasteiger partial charge in [0.1, 0.15) is 0 Å². The summed E-state index contributed by atoms with van der Waals surface area (Å²) in [6, 6.07) is 19.9. The lowest BCUT2D eigenvalue weighted by Crippen LogP contribution is -2.12. The average Bonchev–Trinajstić information content (AvgIpc) is 2.48. The molecule has 0 aliphatic heterocycles. The van der Waals surface area contributed by atoms with Crippen LogP contribution in [-0.4, -0.2) is 12.8 Å². The van der Waals surface area contributed by atoms with E-state index in [1.54, 1.807) is 0 Å².